The van der Waals surface area contributed by atoms with Gasteiger partial charge in [-0.3, -0.25) is 4.57 Å². The van der Waals surface area contributed by atoms with Crippen LogP contribution in [0.2, 0.25) is 0 Å². The second kappa shape index (κ2) is 20.3. The molecule has 9 rings (SSSR count). The van der Waals surface area contributed by atoms with Crippen molar-refractivity contribution in [3.05, 3.63) is 201 Å². The van der Waals surface area contributed by atoms with Gasteiger partial charge in [0.05, 0.1) is 10.6 Å². The molecule has 1 heterocycles. The van der Waals surface area contributed by atoms with Crippen LogP contribution in [-0.2, 0) is 11.2 Å². The van der Waals surface area contributed by atoms with E-state index < -0.39 is 13.0 Å². The standard InChI is InChI=1S/C65H65O8P/c1-14-48-23-25-49(26-24-48)36-68-50-27-28-58(60(35-50)74(67)59-22-18-16-20-54(59)53-19-15-17-21-57(53)73-74)69-37-65(12,13)72-62-40(4)31-52(32-41(62)5)71-64-43(7)34-56(45(9)47(64)11)55-33-42(6)63(46(10)44(55)8)70-51-29-38(2)61(66)39(3)30-51/h14-35,66H,1,36-37H2,2-13H3. The van der Waals surface area contributed by atoms with Crippen molar-refractivity contribution < 1.29 is 37.9 Å². The van der Waals surface area contributed by atoms with E-state index >= 15 is 4.57 Å². The fraction of sp³-hybridized carbons (Fsp3) is 0.231. The summed E-state index contributed by atoms with van der Waals surface area (Å²) in [6.45, 7) is 28.8. The number of fused-ring (bicyclic) bond motifs is 3. The molecule has 8 nitrogen and oxygen atoms in total. The second-order valence-corrected chi connectivity index (χ2v) is 22.6. The van der Waals surface area contributed by atoms with Gasteiger partial charge in [0, 0.05) is 5.56 Å². The zero-order valence-corrected chi connectivity index (χ0v) is 45.5. The van der Waals surface area contributed by atoms with E-state index in [1.807, 2.05) is 151 Å². The van der Waals surface area contributed by atoms with E-state index in [1.165, 1.54) is 0 Å². The highest BCUT2D eigenvalue weighted by Gasteiger charge is 2.41. The summed E-state index contributed by atoms with van der Waals surface area (Å²) >= 11 is 0. The molecule has 1 N–H and O–H groups in total. The number of ether oxygens (including phenoxy) is 5. The SMILES string of the molecule is C=Cc1ccc(COc2ccc(OCC(C)(C)Oc3c(C)cc(Oc4c(C)cc(-c5cc(C)c(Oc6cc(C)c(O)c(C)c6)c(C)c5C)c(C)c4C)cc3C)c(P3(=O)Oc4ccccc4-c4ccccc43)c2)cc1. The predicted octanol–water partition coefficient (Wildman–Crippen LogP) is 16.5. The van der Waals surface area contributed by atoms with Gasteiger partial charge in [0.25, 0.3) is 0 Å². The molecule has 378 valence electrons. The van der Waals surface area contributed by atoms with Gasteiger partial charge < -0.3 is 33.3 Å². The van der Waals surface area contributed by atoms with Crippen LogP contribution in [0.15, 0.2) is 134 Å². The first-order chi connectivity index (χ1) is 35.2. The molecule has 8 aromatic rings. The molecule has 1 aliphatic heterocycles. The van der Waals surface area contributed by atoms with E-state index in [0.29, 0.717) is 51.7 Å². The van der Waals surface area contributed by atoms with Crippen LogP contribution in [0.25, 0.3) is 28.3 Å². The van der Waals surface area contributed by atoms with Gasteiger partial charge in [-0.25, -0.2) is 0 Å². The van der Waals surface area contributed by atoms with Crippen molar-refractivity contribution in [2.75, 3.05) is 6.61 Å². The van der Waals surface area contributed by atoms with E-state index in [4.69, 9.17) is 28.2 Å². The average Bonchev–Trinajstić information content (AvgIpc) is 3.38. The zero-order chi connectivity index (χ0) is 52.8. The molecule has 1 aliphatic rings. The van der Waals surface area contributed by atoms with Crippen LogP contribution >= 0.6 is 7.37 Å². The number of rotatable bonds is 15. The second-order valence-electron chi connectivity index (χ2n) is 20.3. The maximum Gasteiger partial charge on any atom is 0.311 e. The first-order valence-corrected chi connectivity index (χ1v) is 26.7. The molecule has 0 spiro atoms. The molecule has 0 bridgehead atoms. The van der Waals surface area contributed by atoms with Gasteiger partial charge in [0.2, 0.25) is 0 Å². The summed E-state index contributed by atoms with van der Waals surface area (Å²) in [4.78, 5) is 0. The van der Waals surface area contributed by atoms with Crippen molar-refractivity contribution in [1.29, 1.82) is 0 Å². The molecular weight excluding hydrogens is 940 g/mol. The minimum atomic E-state index is -3.79. The van der Waals surface area contributed by atoms with E-state index in [0.717, 1.165) is 106 Å². The number of para-hydroxylation sites is 1. The van der Waals surface area contributed by atoms with Crippen LogP contribution in [0, 0.1) is 69.2 Å². The fourth-order valence-corrected chi connectivity index (χ4v) is 12.3. The Kier molecular flexibility index (Phi) is 14.1. The molecule has 8 aromatic carbocycles. The summed E-state index contributed by atoms with van der Waals surface area (Å²) < 4.78 is 55.3. The van der Waals surface area contributed by atoms with Crippen molar-refractivity contribution >= 4 is 24.1 Å². The van der Waals surface area contributed by atoms with Crippen LogP contribution in [0.3, 0.4) is 0 Å². The van der Waals surface area contributed by atoms with Gasteiger partial charge in [0.15, 0.2) is 0 Å². The van der Waals surface area contributed by atoms with Crippen molar-refractivity contribution in [2.45, 2.75) is 95.3 Å². The summed E-state index contributed by atoms with van der Waals surface area (Å²) in [7, 11) is -3.79. The molecule has 0 saturated carbocycles. The Labute approximate surface area is 436 Å². The summed E-state index contributed by atoms with van der Waals surface area (Å²) in [5.41, 5.74) is 15.0. The quantitative estimate of drug-likeness (QED) is 0.102. The molecule has 1 atom stereocenters. The highest BCUT2D eigenvalue weighted by molar-refractivity contribution is 7.75. The average molecular weight is 1010 g/mol. The lowest BCUT2D eigenvalue weighted by Gasteiger charge is -2.31. The molecule has 0 aromatic heterocycles. The van der Waals surface area contributed by atoms with E-state index in [2.05, 4.69) is 60.3 Å². The number of phenolic OH excluding ortho intramolecular Hbond substituents is 1. The third kappa shape index (κ3) is 10.0. The molecule has 1 unspecified atom stereocenters. The van der Waals surface area contributed by atoms with Crippen molar-refractivity contribution in [1.82, 2.24) is 0 Å². The Morgan fingerprint density at radius 2 is 1.07 bits per heavy atom. The van der Waals surface area contributed by atoms with Crippen LogP contribution in [0.4, 0.5) is 0 Å². The van der Waals surface area contributed by atoms with E-state index in [1.54, 1.807) is 12.1 Å². The smallest absolute Gasteiger partial charge is 0.311 e. The maximum atomic E-state index is 15.7. The Hall–Kier alpha value is -7.67. The summed E-state index contributed by atoms with van der Waals surface area (Å²) in [6, 6.07) is 41.0. The van der Waals surface area contributed by atoms with Crippen LogP contribution in [0.5, 0.6) is 51.7 Å². The van der Waals surface area contributed by atoms with Crippen LogP contribution in [-0.4, -0.2) is 17.3 Å². The Bertz CT molecular complexity index is 3500. The van der Waals surface area contributed by atoms with Gasteiger partial charge in [-0.2, -0.15) is 0 Å². The molecule has 0 amide bonds. The lowest BCUT2D eigenvalue weighted by molar-refractivity contribution is 0.0512. The third-order valence-electron chi connectivity index (χ3n) is 14.1. The number of benzene rings is 8. The predicted molar refractivity (Wildman–Crippen MR) is 301 cm³/mol. The molecule has 0 aliphatic carbocycles. The maximum absolute atomic E-state index is 15.7. The summed E-state index contributed by atoms with van der Waals surface area (Å²) in [5, 5.41) is 11.3. The normalized spacial score (nSPS) is 13.8. The third-order valence-corrected chi connectivity index (χ3v) is 16.6. The van der Waals surface area contributed by atoms with Crippen molar-refractivity contribution in [3.8, 4) is 74.0 Å². The Balaban J connectivity index is 0.948. The fourth-order valence-electron chi connectivity index (χ4n) is 9.84. The topological polar surface area (TPSA) is 92.7 Å². The summed E-state index contributed by atoms with van der Waals surface area (Å²) in [6.07, 6.45) is 1.81. The number of hydrogen-bond donors (Lipinski definition) is 1. The molecule has 0 saturated heterocycles. The minimum absolute atomic E-state index is 0.126. The zero-order valence-electron chi connectivity index (χ0n) is 44.6. The summed E-state index contributed by atoms with van der Waals surface area (Å²) in [5.74, 6) is 5.56. The minimum Gasteiger partial charge on any atom is -0.507 e. The number of phenols is 1. The molecule has 0 fully saturated rings. The number of aromatic hydroxyl groups is 1. The highest BCUT2D eigenvalue weighted by Crippen LogP contribution is 2.56. The van der Waals surface area contributed by atoms with Crippen LogP contribution in [0.1, 0.15) is 80.6 Å². The first-order valence-electron chi connectivity index (χ1n) is 25.0. The lowest BCUT2D eigenvalue weighted by atomic mass is 9.88. The van der Waals surface area contributed by atoms with Gasteiger partial charge in [-0.1, -0.05) is 73.3 Å². The van der Waals surface area contributed by atoms with E-state index in [-0.39, 0.29) is 6.61 Å². The van der Waals surface area contributed by atoms with Crippen LogP contribution < -0.4 is 38.8 Å². The first kappa shape index (κ1) is 51.2. The molecule has 0 radical (unpaired) electrons. The van der Waals surface area contributed by atoms with Crippen molar-refractivity contribution in [3.63, 3.8) is 0 Å². The van der Waals surface area contributed by atoms with Gasteiger partial charge in [-0.05, 0) is 233 Å². The van der Waals surface area contributed by atoms with Gasteiger partial charge >= 0.3 is 7.37 Å². The lowest BCUT2D eigenvalue weighted by Crippen LogP contribution is -2.37. The number of hydrogen-bond acceptors (Lipinski definition) is 8. The molecule has 9 heteroatoms. The molecular formula is C65H65O8P. The highest BCUT2D eigenvalue weighted by atomic mass is 31.2. The number of aryl methyl sites for hydroxylation is 6. The largest absolute Gasteiger partial charge is 0.507 e. The van der Waals surface area contributed by atoms with Gasteiger partial charge in [-0.15, -0.1) is 0 Å². The molecule has 74 heavy (non-hydrogen) atoms. The van der Waals surface area contributed by atoms with E-state index in [9.17, 15) is 5.11 Å². The van der Waals surface area contributed by atoms with Gasteiger partial charge in [0.1, 0.15) is 70.6 Å². The van der Waals surface area contributed by atoms with Crippen molar-refractivity contribution in [2.24, 2.45) is 0 Å². The monoisotopic (exact) mass is 1000 g/mol. The Morgan fingerprint density at radius 3 is 1.65 bits per heavy atom. The Morgan fingerprint density at radius 1 is 0.541 bits per heavy atom.